The third-order valence-corrected chi connectivity index (χ3v) is 14.9. The monoisotopic (exact) mass is 1020 g/mol. The van der Waals surface area contributed by atoms with Gasteiger partial charge in [-0.2, -0.15) is 0 Å². The third-order valence-electron chi connectivity index (χ3n) is 14.9. The molecule has 3 N–H and O–H groups in total. The van der Waals surface area contributed by atoms with E-state index in [0.717, 1.165) is 83.5 Å². The second kappa shape index (κ2) is 62.4. The summed E-state index contributed by atoms with van der Waals surface area (Å²) >= 11 is 0. The first-order valence-corrected chi connectivity index (χ1v) is 32.4. The van der Waals surface area contributed by atoms with Crippen LogP contribution in [0.3, 0.4) is 0 Å². The molecule has 0 heterocycles. The number of aliphatic hydroxyl groups is 2. The van der Waals surface area contributed by atoms with Gasteiger partial charge < -0.3 is 20.3 Å². The zero-order valence-corrected chi connectivity index (χ0v) is 48.9. The lowest BCUT2D eigenvalue weighted by molar-refractivity contribution is -0.143. The molecule has 2 atom stereocenters. The van der Waals surface area contributed by atoms with E-state index in [0.29, 0.717) is 25.9 Å². The zero-order chi connectivity index (χ0) is 52.9. The highest BCUT2D eigenvalue weighted by Crippen LogP contribution is 2.18. The average Bonchev–Trinajstić information content (AvgIpc) is 3.39. The highest BCUT2D eigenvalue weighted by atomic mass is 16.5. The molecule has 428 valence electrons. The molecule has 0 rings (SSSR count). The third kappa shape index (κ3) is 58.9. The Bertz CT molecular complexity index is 1230. The van der Waals surface area contributed by atoms with Crippen LogP contribution >= 0.6 is 0 Å². The van der Waals surface area contributed by atoms with Crippen molar-refractivity contribution in [2.45, 2.75) is 353 Å². The van der Waals surface area contributed by atoms with Crippen molar-refractivity contribution in [1.29, 1.82) is 0 Å². The standard InChI is InChI=1S/C67H125NO5/c1-3-5-7-9-11-13-15-17-19-21-23-24-25-27-28-31-35-39-43-47-51-55-59-65(70)64(63-69)68-66(71)60-56-52-48-44-40-36-32-30-34-38-42-46-50-54-58-62-73-67(72)61-57-53-49-45-41-37-33-29-26-22-20-18-16-14-12-10-8-6-4-2/h12,14,18,20,30,34,38,42,64-65,69-70H,3-11,13,15-17,19,21-29,31-33,35-37,39-41,43-63H2,1-2H3,(H,68,71)/b14-12-,20-18-,34-30-,42-38-. The summed E-state index contributed by atoms with van der Waals surface area (Å²) in [6.07, 6.45) is 79.8. The summed E-state index contributed by atoms with van der Waals surface area (Å²) in [5.41, 5.74) is 0. The molecule has 0 spiro atoms. The number of nitrogens with one attached hydrogen (secondary N) is 1. The van der Waals surface area contributed by atoms with Crippen molar-refractivity contribution in [3.63, 3.8) is 0 Å². The lowest BCUT2D eigenvalue weighted by atomic mass is 10.0. The number of ether oxygens (including phenoxy) is 1. The Morgan fingerprint density at radius 2 is 0.726 bits per heavy atom. The Morgan fingerprint density at radius 1 is 0.397 bits per heavy atom. The van der Waals surface area contributed by atoms with Gasteiger partial charge in [-0.1, -0.05) is 287 Å². The van der Waals surface area contributed by atoms with Gasteiger partial charge in [0.2, 0.25) is 5.91 Å². The quantitative estimate of drug-likeness (QED) is 0.0244. The first kappa shape index (κ1) is 70.8. The molecule has 0 saturated heterocycles. The zero-order valence-electron chi connectivity index (χ0n) is 48.9. The van der Waals surface area contributed by atoms with Gasteiger partial charge >= 0.3 is 5.97 Å². The molecule has 2 unspecified atom stereocenters. The summed E-state index contributed by atoms with van der Waals surface area (Å²) in [7, 11) is 0. The summed E-state index contributed by atoms with van der Waals surface area (Å²) in [6.45, 7) is 4.89. The van der Waals surface area contributed by atoms with E-state index in [-0.39, 0.29) is 18.5 Å². The fraction of sp³-hybridized carbons (Fsp3) is 0.851. The van der Waals surface area contributed by atoms with Crippen molar-refractivity contribution < 1.29 is 24.5 Å². The molecule has 0 aromatic carbocycles. The summed E-state index contributed by atoms with van der Waals surface area (Å²) in [6, 6.07) is -0.561. The fourth-order valence-electron chi connectivity index (χ4n) is 9.90. The second-order valence-corrected chi connectivity index (χ2v) is 22.1. The van der Waals surface area contributed by atoms with E-state index in [4.69, 9.17) is 4.74 Å². The number of hydrogen-bond acceptors (Lipinski definition) is 5. The minimum Gasteiger partial charge on any atom is -0.466 e. The normalized spacial score (nSPS) is 12.9. The SMILES string of the molecule is CCCCC/C=C\C/C=C\CCCCCCCCCCCC(=O)OCCCCC/C=C\C=C/CCCCCCCCC(=O)NC(CO)C(O)CCCCCCCCCCCCCCCCCCCCCCCC. The van der Waals surface area contributed by atoms with Crippen LogP contribution in [0, 0.1) is 0 Å². The number of amides is 1. The van der Waals surface area contributed by atoms with Crippen LogP contribution in [-0.4, -0.2) is 47.4 Å². The average molecular weight is 1020 g/mol. The van der Waals surface area contributed by atoms with Crippen LogP contribution in [-0.2, 0) is 14.3 Å². The summed E-state index contributed by atoms with van der Waals surface area (Å²) in [5, 5.41) is 23.4. The Morgan fingerprint density at radius 3 is 1.15 bits per heavy atom. The predicted octanol–water partition coefficient (Wildman–Crippen LogP) is 20.5. The minimum absolute atomic E-state index is 0.0250. The first-order valence-electron chi connectivity index (χ1n) is 32.4. The van der Waals surface area contributed by atoms with Gasteiger partial charge in [-0.3, -0.25) is 9.59 Å². The van der Waals surface area contributed by atoms with Crippen LogP contribution in [0.25, 0.3) is 0 Å². The van der Waals surface area contributed by atoms with Crippen molar-refractivity contribution >= 4 is 11.9 Å². The predicted molar refractivity (Wildman–Crippen MR) is 319 cm³/mol. The molecule has 1 amide bonds. The van der Waals surface area contributed by atoms with E-state index in [2.05, 4.69) is 67.8 Å². The molecular weight excluding hydrogens is 899 g/mol. The van der Waals surface area contributed by atoms with Crippen LogP contribution in [0.4, 0.5) is 0 Å². The molecule has 0 fully saturated rings. The highest BCUT2D eigenvalue weighted by Gasteiger charge is 2.20. The maximum atomic E-state index is 12.5. The molecular formula is C67H125NO5. The molecule has 6 nitrogen and oxygen atoms in total. The van der Waals surface area contributed by atoms with Crippen LogP contribution in [0.15, 0.2) is 48.6 Å². The van der Waals surface area contributed by atoms with Crippen molar-refractivity contribution in [3.8, 4) is 0 Å². The minimum atomic E-state index is -0.681. The maximum Gasteiger partial charge on any atom is 0.305 e. The number of esters is 1. The Kier molecular flexibility index (Phi) is 60.5. The number of allylic oxidation sites excluding steroid dienone is 8. The number of carbonyl (C=O) groups excluding carboxylic acids is 2. The Balaban J connectivity index is 3.50. The van der Waals surface area contributed by atoms with Crippen molar-refractivity contribution in [3.05, 3.63) is 48.6 Å². The summed E-state index contributed by atoms with van der Waals surface area (Å²) in [4.78, 5) is 24.6. The van der Waals surface area contributed by atoms with Gasteiger partial charge in [0.05, 0.1) is 25.4 Å². The van der Waals surface area contributed by atoms with Gasteiger partial charge in [-0.05, 0) is 89.9 Å². The Hall–Kier alpha value is -2.18. The van der Waals surface area contributed by atoms with Crippen molar-refractivity contribution in [2.24, 2.45) is 0 Å². The molecule has 0 aliphatic heterocycles. The van der Waals surface area contributed by atoms with Crippen LogP contribution in [0.2, 0.25) is 0 Å². The van der Waals surface area contributed by atoms with E-state index in [9.17, 15) is 19.8 Å². The smallest absolute Gasteiger partial charge is 0.305 e. The lowest BCUT2D eigenvalue weighted by Gasteiger charge is -2.22. The largest absolute Gasteiger partial charge is 0.466 e. The lowest BCUT2D eigenvalue weighted by Crippen LogP contribution is -2.45. The van der Waals surface area contributed by atoms with Gasteiger partial charge in [0.25, 0.3) is 0 Å². The van der Waals surface area contributed by atoms with E-state index in [1.54, 1.807) is 0 Å². The molecule has 73 heavy (non-hydrogen) atoms. The van der Waals surface area contributed by atoms with E-state index < -0.39 is 12.1 Å². The Labute approximate surface area is 455 Å². The maximum absolute atomic E-state index is 12.5. The number of aliphatic hydroxyl groups excluding tert-OH is 2. The van der Waals surface area contributed by atoms with Crippen molar-refractivity contribution in [1.82, 2.24) is 5.32 Å². The number of rotatable bonds is 60. The van der Waals surface area contributed by atoms with Gasteiger partial charge in [-0.15, -0.1) is 0 Å². The molecule has 0 aromatic rings. The van der Waals surface area contributed by atoms with Crippen LogP contribution < -0.4 is 5.32 Å². The molecule has 0 bridgehead atoms. The highest BCUT2D eigenvalue weighted by molar-refractivity contribution is 5.76. The number of carbonyl (C=O) groups is 2. The molecule has 0 aromatic heterocycles. The summed E-state index contributed by atoms with van der Waals surface area (Å²) in [5.74, 6) is -0.0802. The van der Waals surface area contributed by atoms with Gasteiger partial charge in [0.15, 0.2) is 0 Å². The number of hydrogen-bond donors (Lipinski definition) is 3. The van der Waals surface area contributed by atoms with Crippen molar-refractivity contribution in [2.75, 3.05) is 13.2 Å². The van der Waals surface area contributed by atoms with E-state index in [1.165, 1.54) is 225 Å². The molecule has 6 heteroatoms. The second-order valence-electron chi connectivity index (χ2n) is 22.1. The topological polar surface area (TPSA) is 95.9 Å². The molecule has 0 saturated carbocycles. The van der Waals surface area contributed by atoms with Crippen LogP contribution in [0.1, 0.15) is 341 Å². The number of unbranched alkanes of at least 4 members (excludes halogenated alkanes) is 42. The molecule has 0 aliphatic rings. The fourth-order valence-corrected chi connectivity index (χ4v) is 9.90. The first-order chi connectivity index (χ1) is 36.0. The molecule has 0 radical (unpaired) electrons. The van der Waals surface area contributed by atoms with E-state index in [1.807, 2.05) is 0 Å². The molecule has 0 aliphatic carbocycles. The van der Waals surface area contributed by atoms with Gasteiger partial charge in [0.1, 0.15) is 0 Å². The van der Waals surface area contributed by atoms with E-state index >= 15 is 0 Å². The van der Waals surface area contributed by atoms with Gasteiger partial charge in [0, 0.05) is 12.8 Å². The van der Waals surface area contributed by atoms with Crippen LogP contribution in [0.5, 0.6) is 0 Å². The van der Waals surface area contributed by atoms with Gasteiger partial charge in [-0.25, -0.2) is 0 Å². The summed E-state index contributed by atoms with van der Waals surface area (Å²) < 4.78 is 5.47.